The topological polar surface area (TPSA) is 72.3 Å². The van der Waals surface area contributed by atoms with E-state index in [1.165, 1.54) is 0 Å². The molecule has 13 heavy (non-hydrogen) atoms. The molecule has 1 aromatic carbocycles. The maximum atomic E-state index is 9.75. The summed E-state index contributed by atoms with van der Waals surface area (Å²) in [5.41, 5.74) is 12.8. The van der Waals surface area contributed by atoms with Crippen molar-refractivity contribution in [3.63, 3.8) is 0 Å². The normalized spacial score (nSPS) is 12.8. The maximum Gasteiger partial charge on any atom is 0.123 e. The van der Waals surface area contributed by atoms with Crippen molar-refractivity contribution in [1.82, 2.24) is 0 Å². The predicted octanol–water partition coefficient (Wildman–Crippen LogP) is 0.913. The number of rotatable bonds is 3. The fourth-order valence-corrected chi connectivity index (χ4v) is 1.32. The fourth-order valence-electron chi connectivity index (χ4n) is 1.32. The summed E-state index contributed by atoms with van der Waals surface area (Å²) >= 11 is 0. The van der Waals surface area contributed by atoms with Crippen LogP contribution in [-0.2, 0) is 6.42 Å². The first kappa shape index (κ1) is 10.0. The predicted molar refractivity (Wildman–Crippen MR) is 53.5 cm³/mol. The standard InChI is InChI=1S/C10H16N2O/c1-2-7-4-3-5-8(10(7)13)9(12)6-11/h3-5,9,13H,2,6,11-12H2,1H3. The lowest BCUT2D eigenvalue weighted by Gasteiger charge is -2.13. The Morgan fingerprint density at radius 1 is 1.46 bits per heavy atom. The number of phenolic OH excluding ortho intramolecular Hbond substituents is 1. The van der Waals surface area contributed by atoms with Crippen LogP contribution in [-0.4, -0.2) is 11.7 Å². The number of benzene rings is 1. The summed E-state index contributed by atoms with van der Waals surface area (Å²) in [6, 6.07) is 5.32. The third-order valence-corrected chi connectivity index (χ3v) is 2.19. The van der Waals surface area contributed by atoms with E-state index in [0.29, 0.717) is 12.3 Å². The molecule has 0 saturated heterocycles. The van der Waals surface area contributed by atoms with E-state index in [2.05, 4.69) is 0 Å². The lowest BCUT2D eigenvalue weighted by atomic mass is 10.0. The highest BCUT2D eigenvalue weighted by Crippen LogP contribution is 2.26. The van der Waals surface area contributed by atoms with Gasteiger partial charge in [0.25, 0.3) is 0 Å². The van der Waals surface area contributed by atoms with Gasteiger partial charge in [-0.15, -0.1) is 0 Å². The molecule has 0 aliphatic rings. The van der Waals surface area contributed by atoms with Crippen LogP contribution in [0.1, 0.15) is 24.1 Å². The van der Waals surface area contributed by atoms with Gasteiger partial charge in [-0.25, -0.2) is 0 Å². The van der Waals surface area contributed by atoms with Gasteiger partial charge in [0.1, 0.15) is 5.75 Å². The van der Waals surface area contributed by atoms with Crippen LogP contribution in [0.4, 0.5) is 0 Å². The molecule has 0 radical (unpaired) electrons. The molecule has 0 heterocycles. The Morgan fingerprint density at radius 3 is 2.69 bits per heavy atom. The average Bonchev–Trinajstić information content (AvgIpc) is 2.17. The minimum atomic E-state index is -0.272. The van der Waals surface area contributed by atoms with E-state index in [4.69, 9.17) is 11.5 Å². The van der Waals surface area contributed by atoms with Crippen molar-refractivity contribution in [1.29, 1.82) is 0 Å². The minimum absolute atomic E-state index is 0.272. The lowest BCUT2D eigenvalue weighted by Crippen LogP contribution is -2.20. The number of nitrogens with two attached hydrogens (primary N) is 2. The third-order valence-electron chi connectivity index (χ3n) is 2.19. The van der Waals surface area contributed by atoms with E-state index < -0.39 is 0 Å². The molecule has 72 valence electrons. The Morgan fingerprint density at radius 2 is 2.15 bits per heavy atom. The van der Waals surface area contributed by atoms with E-state index >= 15 is 0 Å². The van der Waals surface area contributed by atoms with E-state index in [-0.39, 0.29) is 6.04 Å². The molecule has 0 saturated carbocycles. The second-order valence-electron chi connectivity index (χ2n) is 3.05. The zero-order valence-electron chi connectivity index (χ0n) is 7.83. The highest BCUT2D eigenvalue weighted by molar-refractivity contribution is 5.42. The molecule has 0 aliphatic carbocycles. The van der Waals surface area contributed by atoms with Gasteiger partial charge in [-0.1, -0.05) is 25.1 Å². The van der Waals surface area contributed by atoms with Crippen LogP contribution < -0.4 is 11.5 Å². The number of hydrogen-bond acceptors (Lipinski definition) is 3. The first-order chi connectivity index (χ1) is 6.20. The molecule has 1 rings (SSSR count). The van der Waals surface area contributed by atoms with Crippen LogP contribution in [0.3, 0.4) is 0 Å². The van der Waals surface area contributed by atoms with E-state index in [1.807, 2.05) is 25.1 Å². The van der Waals surface area contributed by atoms with Crippen molar-refractivity contribution >= 4 is 0 Å². The summed E-state index contributed by atoms with van der Waals surface area (Å²) in [6.07, 6.45) is 0.803. The lowest BCUT2D eigenvalue weighted by molar-refractivity contribution is 0.455. The van der Waals surface area contributed by atoms with Gasteiger partial charge >= 0.3 is 0 Å². The van der Waals surface area contributed by atoms with Gasteiger partial charge in [0, 0.05) is 18.2 Å². The van der Waals surface area contributed by atoms with Crippen LogP contribution in [0.15, 0.2) is 18.2 Å². The van der Waals surface area contributed by atoms with Crippen LogP contribution in [0.2, 0.25) is 0 Å². The number of aryl methyl sites for hydroxylation is 1. The molecule has 0 bridgehead atoms. The van der Waals surface area contributed by atoms with E-state index in [9.17, 15) is 5.11 Å². The Balaban J connectivity index is 3.08. The molecule has 1 aromatic rings. The molecule has 5 N–H and O–H groups in total. The van der Waals surface area contributed by atoms with E-state index in [0.717, 1.165) is 17.5 Å². The van der Waals surface area contributed by atoms with E-state index in [1.54, 1.807) is 0 Å². The highest BCUT2D eigenvalue weighted by Gasteiger charge is 2.10. The van der Waals surface area contributed by atoms with Gasteiger partial charge in [0.2, 0.25) is 0 Å². The molecule has 0 amide bonds. The third kappa shape index (κ3) is 1.99. The second kappa shape index (κ2) is 4.25. The number of para-hydroxylation sites is 1. The van der Waals surface area contributed by atoms with Gasteiger partial charge in [0.05, 0.1) is 0 Å². The first-order valence-electron chi connectivity index (χ1n) is 4.47. The number of aromatic hydroxyl groups is 1. The van der Waals surface area contributed by atoms with Crippen molar-refractivity contribution in [2.45, 2.75) is 19.4 Å². The molecule has 1 unspecified atom stereocenters. The minimum Gasteiger partial charge on any atom is -0.507 e. The Kier molecular flexibility index (Phi) is 3.28. The molecule has 1 atom stereocenters. The molecular weight excluding hydrogens is 164 g/mol. The largest absolute Gasteiger partial charge is 0.507 e. The Labute approximate surface area is 78.4 Å². The van der Waals surface area contributed by atoms with Crippen LogP contribution in [0.5, 0.6) is 5.75 Å². The maximum absolute atomic E-state index is 9.75. The number of hydrogen-bond donors (Lipinski definition) is 3. The van der Waals surface area contributed by atoms with Crippen molar-refractivity contribution < 1.29 is 5.11 Å². The molecule has 3 heteroatoms. The molecule has 3 nitrogen and oxygen atoms in total. The van der Waals surface area contributed by atoms with Gasteiger partial charge < -0.3 is 16.6 Å². The van der Waals surface area contributed by atoms with Gasteiger partial charge in [-0.3, -0.25) is 0 Å². The molecule has 0 fully saturated rings. The van der Waals surface area contributed by atoms with Crippen molar-refractivity contribution in [2.75, 3.05) is 6.54 Å². The fraction of sp³-hybridized carbons (Fsp3) is 0.400. The first-order valence-corrected chi connectivity index (χ1v) is 4.47. The van der Waals surface area contributed by atoms with Crippen LogP contribution in [0, 0.1) is 0 Å². The van der Waals surface area contributed by atoms with Gasteiger partial charge in [-0.05, 0) is 12.0 Å². The van der Waals surface area contributed by atoms with Crippen molar-refractivity contribution in [3.05, 3.63) is 29.3 Å². The molecular formula is C10H16N2O. The summed E-state index contributed by atoms with van der Waals surface area (Å²) in [4.78, 5) is 0. The Bertz CT molecular complexity index is 286. The second-order valence-corrected chi connectivity index (χ2v) is 3.05. The summed E-state index contributed by atoms with van der Waals surface area (Å²) in [7, 11) is 0. The molecule has 0 spiro atoms. The highest BCUT2D eigenvalue weighted by atomic mass is 16.3. The summed E-state index contributed by atoms with van der Waals surface area (Å²) in [5, 5.41) is 9.75. The number of phenols is 1. The SMILES string of the molecule is CCc1cccc(C(N)CN)c1O. The monoisotopic (exact) mass is 180 g/mol. The quantitative estimate of drug-likeness (QED) is 0.647. The molecule has 0 aliphatic heterocycles. The molecule has 0 aromatic heterocycles. The van der Waals surface area contributed by atoms with Crippen molar-refractivity contribution in [3.8, 4) is 5.75 Å². The summed E-state index contributed by atoms with van der Waals surface area (Å²) in [6.45, 7) is 2.34. The van der Waals surface area contributed by atoms with Crippen LogP contribution in [0.25, 0.3) is 0 Å². The average molecular weight is 180 g/mol. The zero-order valence-corrected chi connectivity index (χ0v) is 7.83. The summed E-state index contributed by atoms with van der Waals surface area (Å²) < 4.78 is 0. The zero-order chi connectivity index (χ0) is 9.84. The van der Waals surface area contributed by atoms with Gasteiger partial charge in [-0.2, -0.15) is 0 Å². The smallest absolute Gasteiger partial charge is 0.123 e. The Hall–Kier alpha value is -1.06. The van der Waals surface area contributed by atoms with Gasteiger partial charge in [0.15, 0.2) is 0 Å². The van der Waals surface area contributed by atoms with Crippen LogP contribution >= 0.6 is 0 Å². The summed E-state index contributed by atoms with van der Waals surface area (Å²) in [5.74, 6) is 0.294. The van der Waals surface area contributed by atoms with Crippen molar-refractivity contribution in [2.24, 2.45) is 11.5 Å².